The van der Waals surface area contributed by atoms with Crippen molar-refractivity contribution in [3.8, 4) is 0 Å². The van der Waals surface area contributed by atoms with Crippen LogP contribution in [0.5, 0.6) is 0 Å². The Morgan fingerprint density at radius 3 is 2.57 bits per heavy atom. The molecule has 0 unspecified atom stereocenters. The van der Waals surface area contributed by atoms with E-state index in [-0.39, 0.29) is 11.6 Å². The zero-order valence-corrected chi connectivity index (χ0v) is 13.0. The number of ketones is 1. The molecule has 0 N–H and O–H groups in total. The van der Waals surface area contributed by atoms with E-state index in [1.54, 1.807) is 11.8 Å². The maximum atomic E-state index is 12.8. The van der Waals surface area contributed by atoms with Gasteiger partial charge < -0.3 is 0 Å². The van der Waals surface area contributed by atoms with Gasteiger partial charge in [0.2, 0.25) is 0 Å². The van der Waals surface area contributed by atoms with Crippen LogP contribution >= 0.6 is 11.8 Å². The first-order chi connectivity index (χ1) is 10.0. The number of pyridine rings is 1. The quantitative estimate of drug-likeness (QED) is 0.444. The smallest absolute Gasteiger partial charge is 0.162 e. The maximum Gasteiger partial charge on any atom is 0.162 e. The minimum atomic E-state index is -0.317. The fraction of sp³-hybridized carbons (Fsp3) is 0.294. The molecule has 0 bridgehead atoms. The van der Waals surface area contributed by atoms with Gasteiger partial charge in [-0.15, -0.1) is 11.8 Å². The lowest BCUT2D eigenvalue weighted by Crippen LogP contribution is -1.99. The van der Waals surface area contributed by atoms with Crippen molar-refractivity contribution in [2.75, 3.05) is 5.75 Å². The molecule has 2 nitrogen and oxygen atoms in total. The summed E-state index contributed by atoms with van der Waals surface area (Å²) in [5.74, 6) is 0.593. The van der Waals surface area contributed by atoms with Crippen LogP contribution in [-0.4, -0.2) is 16.5 Å². The molecule has 0 amide bonds. The van der Waals surface area contributed by atoms with Gasteiger partial charge in [-0.25, -0.2) is 9.37 Å². The number of halogens is 1. The Balaban J connectivity index is 1.79. The number of Topliss-reactive ketones (excluding diaryl/α,β-unsaturated/α-hetero) is 1. The molecule has 110 valence electrons. The van der Waals surface area contributed by atoms with E-state index in [0.29, 0.717) is 12.0 Å². The second-order valence-electron chi connectivity index (χ2n) is 5.01. The molecule has 1 heterocycles. The molecule has 0 aliphatic heterocycles. The highest BCUT2D eigenvalue weighted by atomic mass is 32.2. The summed E-state index contributed by atoms with van der Waals surface area (Å²) in [7, 11) is 0. The highest BCUT2D eigenvalue weighted by molar-refractivity contribution is 7.99. The van der Waals surface area contributed by atoms with Gasteiger partial charge >= 0.3 is 0 Å². The summed E-state index contributed by atoms with van der Waals surface area (Å²) in [6.07, 6.45) is 1.26. The van der Waals surface area contributed by atoms with Crippen LogP contribution in [0.4, 0.5) is 4.39 Å². The Hall–Kier alpha value is -1.68. The Bertz CT molecular complexity index is 605. The van der Waals surface area contributed by atoms with Crippen LogP contribution in [0.1, 0.15) is 34.5 Å². The second-order valence-corrected chi connectivity index (χ2v) is 6.12. The normalized spacial score (nSPS) is 10.6. The number of rotatable bonds is 6. The number of hydrogen-bond acceptors (Lipinski definition) is 3. The van der Waals surface area contributed by atoms with Gasteiger partial charge in [0.1, 0.15) is 5.82 Å². The van der Waals surface area contributed by atoms with E-state index in [4.69, 9.17) is 0 Å². The van der Waals surface area contributed by atoms with Crippen LogP contribution in [0, 0.1) is 19.7 Å². The summed E-state index contributed by atoms with van der Waals surface area (Å²) in [6.45, 7) is 4.03. The van der Waals surface area contributed by atoms with Crippen molar-refractivity contribution < 1.29 is 9.18 Å². The summed E-state index contributed by atoms with van der Waals surface area (Å²) in [6, 6.07) is 9.82. The van der Waals surface area contributed by atoms with Gasteiger partial charge in [0.05, 0.1) is 5.03 Å². The largest absolute Gasteiger partial charge is 0.294 e. The lowest BCUT2D eigenvalue weighted by atomic mass is 10.1. The molecule has 0 spiro atoms. The van der Waals surface area contributed by atoms with E-state index >= 15 is 0 Å². The van der Waals surface area contributed by atoms with Crippen LogP contribution in [0.15, 0.2) is 41.4 Å². The number of nitrogens with zero attached hydrogens (tertiary/aromatic N) is 1. The van der Waals surface area contributed by atoms with Crippen LogP contribution in [-0.2, 0) is 0 Å². The summed E-state index contributed by atoms with van der Waals surface area (Å²) in [5, 5.41) is 1.00. The lowest BCUT2D eigenvalue weighted by Gasteiger charge is -2.04. The predicted octanol–water partition coefficient (Wildman–Crippen LogP) is 4.59. The summed E-state index contributed by atoms with van der Waals surface area (Å²) >= 11 is 1.67. The number of carbonyl (C=O) groups is 1. The Labute approximate surface area is 128 Å². The molecule has 4 heteroatoms. The van der Waals surface area contributed by atoms with Gasteiger partial charge in [0.25, 0.3) is 0 Å². The zero-order valence-electron chi connectivity index (χ0n) is 12.2. The molecular formula is C17H18FNOS. The number of benzene rings is 1. The van der Waals surface area contributed by atoms with Crippen molar-refractivity contribution in [2.24, 2.45) is 0 Å². The molecule has 2 rings (SSSR count). The second kappa shape index (κ2) is 7.36. The van der Waals surface area contributed by atoms with Gasteiger partial charge in [-0.3, -0.25) is 4.79 Å². The number of hydrogen-bond donors (Lipinski definition) is 0. The average Bonchev–Trinajstić information content (AvgIpc) is 2.43. The molecule has 0 radical (unpaired) electrons. The van der Waals surface area contributed by atoms with Gasteiger partial charge in [-0.1, -0.05) is 0 Å². The molecule has 0 aliphatic rings. The average molecular weight is 303 g/mol. The van der Waals surface area contributed by atoms with Gasteiger partial charge in [0.15, 0.2) is 5.78 Å². The van der Waals surface area contributed by atoms with Crippen molar-refractivity contribution >= 4 is 17.5 Å². The topological polar surface area (TPSA) is 30.0 Å². The summed E-state index contributed by atoms with van der Waals surface area (Å²) in [4.78, 5) is 16.4. The third-order valence-corrected chi connectivity index (χ3v) is 4.04. The molecule has 0 saturated heterocycles. The fourth-order valence-electron chi connectivity index (χ4n) is 2.07. The number of aryl methyl sites for hydroxylation is 2. The Morgan fingerprint density at radius 2 is 1.90 bits per heavy atom. The summed E-state index contributed by atoms with van der Waals surface area (Å²) in [5.41, 5.74) is 2.79. The summed E-state index contributed by atoms with van der Waals surface area (Å²) < 4.78 is 12.8. The van der Waals surface area contributed by atoms with Crippen molar-refractivity contribution in [2.45, 2.75) is 31.7 Å². The number of carbonyl (C=O) groups excluding carboxylic acids is 1. The molecule has 0 fully saturated rings. The maximum absolute atomic E-state index is 12.8. The minimum absolute atomic E-state index is 0.0592. The van der Waals surface area contributed by atoms with Crippen LogP contribution < -0.4 is 0 Å². The Morgan fingerprint density at radius 1 is 1.19 bits per heavy atom. The monoisotopic (exact) mass is 303 g/mol. The van der Waals surface area contributed by atoms with E-state index in [1.165, 1.54) is 29.8 Å². The first kappa shape index (κ1) is 15.7. The van der Waals surface area contributed by atoms with E-state index < -0.39 is 0 Å². The van der Waals surface area contributed by atoms with Gasteiger partial charge in [-0.05, 0) is 68.0 Å². The standard InChI is InChI=1S/C17H18FNOS/c1-12-10-13(2)19-17(11-12)21-9-3-4-16(20)14-5-7-15(18)8-6-14/h5-8,10-11H,3-4,9H2,1-2H3. The highest BCUT2D eigenvalue weighted by Crippen LogP contribution is 2.19. The van der Waals surface area contributed by atoms with E-state index in [2.05, 4.69) is 18.0 Å². The Kier molecular flexibility index (Phi) is 5.51. The SMILES string of the molecule is Cc1cc(C)nc(SCCCC(=O)c2ccc(F)cc2)c1. The predicted molar refractivity (Wildman–Crippen MR) is 84.4 cm³/mol. The van der Waals surface area contributed by atoms with E-state index in [0.717, 1.165) is 22.9 Å². The molecule has 21 heavy (non-hydrogen) atoms. The van der Waals surface area contributed by atoms with Crippen molar-refractivity contribution in [3.05, 3.63) is 59.0 Å². The van der Waals surface area contributed by atoms with E-state index in [9.17, 15) is 9.18 Å². The van der Waals surface area contributed by atoms with Crippen LogP contribution in [0.2, 0.25) is 0 Å². The third-order valence-electron chi connectivity index (χ3n) is 3.04. The van der Waals surface area contributed by atoms with Crippen molar-refractivity contribution in [1.82, 2.24) is 4.98 Å². The fourth-order valence-corrected chi connectivity index (χ4v) is 3.04. The zero-order chi connectivity index (χ0) is 15.2. The van der Waals surface area contributed by atoms with Crippen LogP contribution in [0.25, 0.3) is 0 Å². The van der Waals surface area contributed by atoms with Crippen molar-refractivity contribution in [1.29, 1.82) is 0 Å². The molecular weight excluding hydrogens is 285 g/mol. The third kappa shape index (κ3) is 4.97. The molecule has 2 aromatic rings. The highest BCUT2D eigenvalue weighted by Gasteiger charge is 2.06. The first-order valence-electron chi connectivity index (χ1n) is 6.91. The van der Waals surface area contributed by atoms with Crippen LogP contribution in [0.3, 0.4) is 0 Å². The number of thioether (sulfide) groups is 1. The molecule has 0 aliphatic carbocycles. The molecule has 1 aromatic heterocycles. The minimum Gasteiger partial charge on any atom is -0.294 e. The number of aromatic nitrogens is 1. The first-order valence-corrected chi connectivity index (χ1v) is 7.90. The van der Waals surface area contributed by atoms with E-state index in [1.807, 2.05) is 13.0 Å². The van der Waals surface area contributed by atoms with Gasteiger partial charge in [0, 0.05) is 17.7 Å². The van der Waals surface area contributed by atoms with Gasteiger partial charge in [-0.2, -0.15) is 0 Å². The van der Waals surface area contributed by atoms with Crippen molar-refractivity contribution in [3.63, 3.8) is 0 Å². The molecule has 1 aromatic carbocycles. The lowest BCUT2D eigenvalue weighted by molar-refractivity contribution is 0.0982. The molecule has 0 atom stereocenters. The molecule has 0 saturated carbocycles.